The van der Waals surface area contributed by atoms with Crippen LogP contribution in [0.5, 0.6) is 0 Å². The van der Waals surface area contributed by atoms with Gasteiger partial charge in [0.15, 0.2) is 0 Å². The zero-order chi connectivity index (χ0) is 19.3. The predicted octanol–water partition coefficient (Wildman–Crippen LogP) is 7.20. The van der Waals surface area contributed by atoms with Gasteiger partial charge in [-0.05, 0) is 25.0 Å². The number of nitrogens with zero attached hydrogens (tertiary/aromatic N) is 1. The van der Waals surface area contributed by atoms with E-state index in [-0.39, 0.29) is 0 Å². The zero-order valence-electron chi connectivity index (χ0n) is 17.2. The predicted molar refractivity (Wildman–Crippen MR) is 112 cm³/mol. The molecule has 0 aliphatic heterocycles. The van der Waals surface area contributed by atoms with Crippen molar-refractivity contribution in [2.45, 2.75) is 110 Å². The highest BCUT2D eigenvalue weighted by molar-refractivity contribution is 5.62. The number of rotatable bonds is 15. The van der Waals surface area contributed by atoms with Crippen molar-refractivity contribution in [3.05, 3.63) is 30.1 Å². The monoisotopic (exact) mass is 363 g/mol. The first-order chi connectivity index (χ1) is 12.7. The van der Waals surface area contributed by atoms with Gasteiger partial charge in [-0.15, -0.1) is 0 Å². The van der Waals surface area contributed by atoms with E-state index < -0.39 is 5.97 Å². The van der Waals surface area contributed by atoms with Crippen LogP contribution in [0.25, 0.3) is 0 Å². The number of aryl methyl sites for hydroxylation is 1. The van der Waals surface area contributed by atoms with Crippen LogP contribution in [0.1, 0.15) is 109 Å². The van der Waals surface area contributed by atoms with Crippen molar-refractivity contribution in [2.24, 2.45) is 0 Å². The summed E-state index contributed by atoms with van der Waals surface area (Å²) in [5.41, 5.74) is 1.25. The maximum Gasteiger partial charge on any atom is 0.300 e. The fraction of sp³-hybridized carbons (Fsp3) is 0.739. The third-order valence-electron chi connectivity index (χ3n) is 4.51. The molecule has 0 aliphatic rings. The molecular formula is C23H41NO2. The molecule has 1 heterocycles. The van der Waals surface area contributed by atoms with E-state index in [1.165, 1.54) is 95.6 Å². The van der Waals surface area contributed by atoms with E-state index >= 15 is 0 Å². The third kappa shape index (κ3) is 20.7. The van der Waals surface area contributed by atoms with Gasteiger partial charge in [-0.25, -0.2) is 0 Å². The molecule has 0 unspecified atom stereocenters. The number of aliphatic carboxylic acids is 1. The molecule has 1 aromatic rings. The highest BCUT2D eigenvalue weighted by atomic mass is 16.4. The fourth-order valence-corrected chi connectivity index (χ4v) is 3.05. The van der Waals surface area contributed by atoms with Crippen molar-refractivity contribution >= 4 is 5.97 Å². The first-order valence-corrected chi connectivity index (χ1v) is 10.8. The van der Waals surface area contributed by atoms with E-state index in [2.05, 4.69) is 24.0 Å². The number of carboxylic acids is 1. The molecule has 3 heteroatoms. The third-order valence-corrected chi connectivity index (χ3v) is 4.51. The lowest BCUT2D eigenvalue weighted by Crippen LogP contribution is -1.89. The Labute approximate surface area is 161 Å². The Kier molecular flexibility index (Phi) is 18.9. The molecule has 26 heavy (non-hydrogen) atoms. The van der Waals surface area contributed by atoms with Gasteiger partial charge in [0.25, 0.3) is 5.97 Å². The minimum atomic E-state index is -0.833. The van der Waals surface area contributed by atoms with Crippen LogP contribution < -0.4 is 0 Å². The van der Waals surface area contributed by atoms with E-state index in [0.29, 0.717) is 0 Å². The van der Waals surface area contributed by atoms with Gasteiger partial charge in [0.2, 0.25) is 0 Å². The second-order valence-electron chi connectivity index (χ2n) is 7.19. The van der Waals surface area contributed by atoms with Crippen LogP contribution in [0.15, 0.2) is 24.4 Å². The molecule has 150 valence electrons. The number of unbranched alkanes of at least 4 members (excludes halogenated alkanes) is 13. The lowest BCUT2D eigenvalue weighted by molar-refractivity contribution is -0.134. The van der Waals surface area contributed by atoms with E-state index in [4.69, 9.17) is 9.90 Å². The molecule has 0 fully saturated rings. The second kappa shape index (κ2) is 19.9. The summed E-state index contributed by atoms with van der Waals surface area (Å²) in [6.45, 7) is 3.37. The fourth-order valence-electron chi connectivity index (χ4n) is 3.05. The van der Waals surface area contributed by atoms with Crippen LogP contribution in [0.3, 0.4) is 0 Å². The van der Waals surface area contributed by atoms with E-state index in [9.17, 15) is 0 Å². The summed E-state index contributed by atoms with van der Waals surface area (Å²) in [5.74, 6) is -0.833. The molecular weight excluding hydrogens is 322 g/mol. The summed E-state index contributed by atoms with van der Waals surface area (Å²) in [7, 11) is 0. The zero-order valence-corrected chi connectivity index (χ0v) is 17.2. The van der Waals surface area contributed by atoms with Crippen molar-refractivity contribution in [3.8, 4) is 0 Å². The molecule has 0 bridgehead atoms. The number of hydrogen-bond acceptors (Lipinski definition) is 2. The molecule has 0 amide bonds. The van der Waals surface area contributed by atoms with Crippen molar-refractivity contribution in [2.75, 3.05) is 0 Å². The van der Waals surface area contributed by atoms with E-state index in [1.807, 2.05) is 12.3 Å². The smallest absolute Gasteiger partial charge is 0.300 e. The number of hydrogen-bond donors (Lipinski definition) is 1. The molecule has 3 nitrogen and oxygen atoms in total. The minimum Gasteiger partial charge on any atom is -0.481 e. The van der Waals surface area contributed by atoms with Gasteiger partial charge in [-0.3, -0.25) is 9.78 Å². The van der Waals surface area contributed by atoms with Crippen molar-refractivity contribution in [3.63, 3.8) is 0 Å². The first-order valence-electron chi connectivity index (χ1n) is 10.8. The van der Waals surface area contributed by atoms with Gasteiger partial charge in [0.05, 0.1) is 0 Å². The molecule has 0 radical (unpaired) electrons. The molecule has 1 rings (SSSR count). The number of carbonyl (C=O) groups is 1. The quantitative estimate of drug-likeness (QED) is 0.335. The Bertz CT molecular complexity index is 402. The molecule has 0 atom stereocenters. The van der Waals surface area contributed by atoms with Crippen molar-refractivity contribution in [1.82, 2.24) is 4.98 Å². The largest absolute Gasteiger partial charge is 0.481 e. The number of carboxylic acid groups (broad SMARTS) is 1. The van der Waals surface area contributed by atoms with Crippen LogP contribution in [0.2, 0.25) is 0 Å². The topological polar surface area (TPSA) is 50.2 Å². The maximum atomic E-state index is 9.00. The van der Waals surface area contributed by atoms with Gasteiger partial charge in [-0.1, -0.05) is 96.5 Å². The van der Waals surface area contributed by atoms with Gasteiger partial charge in [0.1, 0.15) is 0 Å². The Morgan fingerprint density at radius 2 is 1.23 bits per heavy atom. The highest BCUT2D eigenvalue weighted by Crippen LogP contribution is 2.13. The van der Waals surface area contributed by atoms with Crippen LogP contribution in [0.4, 0.5) is 0 Å². The van der Waals surface area contributed by atoms with E-state index in [1.54, 1.807) is 0 Å². The van der Waals surface area contributed by atoms with Gasteiger partial charge < -0.3 is 5.11 Å². The standard InChI is InChI=1S/C21H37N.C2H4O2/c1-2-3-4-5-6-7-8-9-10-11-12-13-14-15-18-21-19-16-17-20-22-21;1-2(3)4/h16-17,19-20H,2-15,18H2,1H3;1H3,(H,3,4). The number of pyridine rings is 1. The van der Waals surface area contributed by atoms with Gasteiger partial charge in [0, 0.05) is 18.8 Å². The molecule has 0 saturated carbocycles. The van der Waals surface area contributed by atoms with Crippen LogP contribution in [-0.4, -0.2) is 16.1 Å². The minimum absolute atomic E-state index is 0.833. The second-order valence-corrected chi connectivity index (χ2v) is 7.19. The van der Waals surface area contributed by atoms with Crippen molar-refractivity contribution < 1.29 is 9.90 Å². The highest BCUT2D eigenvalue weighted by Gasteiger charge is 1.95. The summed E-state index contributed by atoms with van der Waals surface area (Å²) in [6.07, 6.45) is 23.0. The van der Waals surface area contributed by atoms with Crippen LogP contribution in [-0.2, 0) is 11.2 Å². The summed E-state index contributed by atoms with van der Waals surface area (Å²) < 4.78 is 0. The number of aromatic nitrogens is 1. The lowest BCUT2D eigenvalue weighted by Gasteiger charge is -2.03. The first kappa shape index (κ1) is 24.6. The maximum absolute atomic E-state index is 9.00. The average Bonchev–Trinajstić information content (AvgIpc) is 2.62. The SMILES string of the molecule is CC(=O)O.CCCCCCCCCCCCCCCCc1ccccn1. The molecule has 0 spiro atoms. The summed E-state index contributed by atoms with van der Waals surface area (Å²) in [4.78, 5) is 13.4. The van der Waals surface area contributed by atoms with E-state index in [0.717, 1.165) is 13.3 Å². The summed E-state index contributed by atoms with van der Waals surface area (Å²) in [6, 6.07) is 6.23. The van der Waals surface area contributed by atoms with Crippen molar-refractivity contribution in [1.29, 1.82) is 0 Å². The van der Waals surface area contributed by atoms with Crippen LogP contribution >= 0.6 is 0 Å². The lowest BCUT2D eigenvalue weighted by atomic mass is 10.0. The average molecular weight is 364 g/mol. The summed E-state index contributed by atoms with van der Waals surface area (Å²) >= 11 is 0. The molecule has 0 aromatic carbocycles. The molecule has 0 saturated heterocycles. The van der Waals surface area contributed by atoms with Crippen LogP contribution in [0, 0.1) is 0 Å². The summed E-state index contributed by atoms with van der Waals surface area (Å²) in [5, 5.41) is 7.42. The Hall–Kier alpha value is -1.38. The Morgan fingerprint density at radius 1 is 0.808 bits per heavy atom. The Balaban J connectivity index is 0.00000141. The van der Waals surface area contributed by atoms with Gasteiger partial charge in [-0.2, -0.15) is 0 Å². The normalized spacial score (nSPS) is 10.2. The molecule has 0 aliphatic carbocycles. The van der Waals surface area contributed by atoms with Gasteiger partial charge >= 0.3 is 0 Å². The molecule has 1 N–H and O–H groups in total. The molecule has 1 aromatic heterocycles. The Morgan fingerprint density at radius 3 is 1.62 bits per heavy atom.